The van der Waals surface area contributed by atoms with Gasteiger partial charge in [0.25, 0.3) is 17.4 Å². The van der Waals surface area contributed by atoms with Gasteiger partial charge in [0.2, 0.25) is 5.91 Å². The van der Waals surface area contributed by atoms with Crippen LogP contribution in [0.5, 0.6) is 0 Å². The monoisotopic (exact) mass is 337 g/mol. The molecule has 0 radical (unpaired) electrons. The second kappa shape index (κ2) is 5.13. The quantitative estimate of drug-likeness (QED) is 0.636. The van der Waals surface area contributed by atoms with Gasteiger partial charge in [-0.25, -0.2) is 5.43 Å². The SMILES string of the molecule is Nc1c2c(cc(=O)n1-c1cccc(C3=NNC(=O)C3)c1)C(=O)NC2=O. The lowest BCUT2D eigenvalue weighted by molar-refractivity contribution is -0.119. The van der Waals surface area contributed by atoms with Crippen molar-refractivity contribution in [2.24, 2.45) is 5.10 Å². The summed E-state index contributed by atoms with van der Waals surface area (Å²) in [6, 6.07) is 7.77. The van der Waals surface area contributed by atoms with Gasteiger partial charge in [-0.05, 0) is 12.1 Å². The third-order valence-electron chi connectivity index (χ3n) is 4.03. The number of fused-ring (bicyclic) bond motifs is 1. The topological polar surface area (TPSA) is 136 Å². The first-order valence-electron chi connectivity index (χ1n) is 7.33. The number of pyridine rings is 1. The van der Waals surface area contributed by atoms with E-state index in [4.69, 9.17) is 5.73 Å². The van der Waals surface area contributed by atoms with Gasteiger partial charge in [0, 0.05) is 11.6 Å². The number of nitrogens with two attached hydrogens (primary N) is 1. The molecule has 3 amide bonds. The molecule has 0 saturated carbocycles. The first-order chi connectivity index (χ1) is 12.0. The minimum absolute atomic E-state index is 0.0231. The van der Waals surface area contributed by atoms with Gasteiger partial charge in [0.1, 0.15) is 5.82 Å². The molecule has 1 aromatic heterocycles. The number of nitrogen functional groups attached to an aromatic ring is 1. The van der Waals surface area contributed by atoms with E-state index < -0.39 is 17.4 Å². The van der Waals surface area contributed by atoms with Crippen LogP contribution in [0.1, 0.15) is 32.7 Å². The zero-order chi connectivity index (χ0) is 17.7. The van der Waals surface area contributed by atoms with Crippen LogP contribution in [0.4, 0.5) is 5.82 Å². The molecule has 0 unspecified atom stereocenters. The van der Waals surface area contributed by atoms with Crippen LogP contribution in [0, 0.1) is 0 Å². The first kappa shape index (κ1) is 14.8. The van der Waals surface area contributed by atoms with Gasteiger partial charge in [-0.3, -0.25) is 29.1 Å². The minimum atomic E-state index is -0.644. The van der Waals surface area contributed by atoms with Crippen LogP contribution >= 0.6 is 0 Å². The summed E-state index contributed by atoms with van der Waals surface area (Å²) < 4.78 is 1.14. The fraction of sp³-hybridized carbons (Fsp3) is 0.0625. The Kier molecular flexibility index (Phi) is 3.04. The molecule has 0 saturated heterocycles. The molecule has 1 aromatic carbocycles. The lowest BCUT2D eigenvalue weighted by Crippen LogP contribution is -2.24. The molecular weight excluding hydrogens is 326 g/mol. The minimum Gasteiger partial charge on any atom is -0.384 e. The highest BCUT2D eigenvalue weighted by Gasteiger charge is 2.31. The molecule has 0 bridgehead atoms. The second-order valence-corrected chi connectivity index (χ2v) is 5.60. The first-order valence-corrected chi connectivity index (χ1v) is 7.33. The van der Waals surface area contributed by atoms with Crippen molar-refractivity contribution in [2.75, 3.05) is 5.73 Å². The number of hydrazone groups is 1. The average molecular weight is 337 g/mol. The largest absolute Gasteiger partial charge is 0.384 e. The van der Waals surface area contributed by atoms with Crippen molar-refractivity contribution in [1.29, 1.82) is 0 Å². The van der Waals surface area contributed by atoms with Gasteiger partial charge < -0.3 is 5.73 Å². The number of benzene rings is 1. The van der Waals surface area contributed by atoms with Crippen molar-refractivity contribution in [3.8, 4) is 5.69 Å². The molecule has 3 heterocycles. The number of nitrogens with zero attached hydrogens (tertiary/aromatic N) is 2. The molecule has 0 atom stereocenters. The summed E-state index contributed by atoms with van der Waals surface area (Å²) in [5.74, 6) is -1.62. The third-order valence-corrected chi connectivity index (χ3v) is 4.03. The number of anilines is 1. The van der Waals surface area contributed by atoms with Gasteiger partial charge in [-0.1, -0.05) is 12.1 Å². The predicted octanol–water partition coefficient (Wildman–Crippen LogP) is -0.473. The van der Waals surface area contributed by atoms with Crippen molar-refractivity contribution in [3.05, 3.63) is 57.4 Å². The number of imide groups is 1. The molecule has 2 aliphatic heterocycles. The number of rotatable bonds is 2. The maximum absolute atomic E-state index is 12.4. The molecular formula is C16H11N5O4. The second-order valence-electron chi connectivity index (χ2n) is 5.60. The van der Waals surface area contributed by atoms with E-state index in [1.165, 1.54) is 0 Å². The molecule has 0 spiro atoms. The van der Waals surface area contributed by atoms with Crippen LogP contribution < -0.4 is 22.0 Å². The number of aromatic nitrogens is 1. The Hall–Kier alpha value is -3.75. The number of hydrogen-bond donors (Lipinski definition) is 3. The molecule has 124 valence electrons. The standard InChI is InChI=1S/C16H11N5O4/c17-14-13-9(15(24)18-16(13)25)5-12(23)21(14)8-3-1-2-7(4-8)10-6-11(22)20-19-10/h1-5H,6,17H2,(H,20,22)(H,18,24,25). The van der Waals surface area contributed by atoms with Crippen LogP contribution in [0.25, 0.3) is 5.69 Å². The number of nitrogens with one attached hydrogen (secondary N) is 2. The normalized spacial score (nSPS) is 15.7. The lowest BCUT2D eigenvalue weighted by Gasteiger charge is -2.12. The van der Waals surface area contributed by atoms with Crippen LogP contribution in [-0.2, 0) is 4.79 Å². The Bertz CT molecular complexity index is 1070. The van der Waals surface area contributed by atoms with Crippen molar-refractivity contribution in [1.82, 2.24) is 15.3 Å². The Balaban J connectivity index is 1.88. The summed E-state index contributed by atoms with van der Waals surface area (Å²) in [6.07, 6.45) is 0.134. The van der Waals surface area contributed by atoms with E-state index in [9.17, 15) is 19.2 Å². The van der Waals surface area contributed by atoms with Gasteiger partial charge >= 0.3 is 0 Å². The molecule has 9 nitrogen and oxygen atoms in total. The number of carbonyl (C=O) groups is 3. The molecule has 9 heteroatoms. The molecule has 25 heavy (non-hydrogen) atoms. The van der Waals surface area contributed by atoms with E-state index in [0.717, 1.165) is 10.6 Å². The Morgan fingerprint density at radius 3 is 2.60 bits per heavy atom. The van der Waals surface area contributed by atoms with E-state index in [0.29, 0.717) is 17.0 Å². The van der Waals surface area contributed by atoms with E-state index in [1.54, 1.807) is 24.3 Å². The highest BCUT2D eigenvalue weighted by molar-refractivity contribution is 6.23. The van der Waals surface area contributed by atoms with Gasteiger partial charge in [0.15, 0.2) is 0 Å². The maximum atomic E-state index is 12.4. The van der Waals surface area contributed by atoms with E-state index in [2.05, 4.69) is 15.8 Å². The van der Waals surface area contributed by atoms with E-state index in [-0.39, 0.29) is 29.3 Å². The Morgan fingerprint density at radius 2 is 1.88 bits per heavy atom. The summed E-state index contributed by atoms with van der Waals surface area (Å²) >= 11 is 0. The molecule has 4 rings (SSSR count). The van der Waals surface area contributed by atoms with Crippen molar-refractivity contribution >= 4 is 29.3 Å². The third kappa shape index (κ3) is 2.21. The van der Waals surface area contributed by atoms with Crippen LogP contribution in [-0.4, -0.2) is 28.0 Å². The summed E-state index contributed by atoms with van der Waals surface area (Å²) in [4.78, 5) is 47.3. The predicted molar refractivity (Wildman–Crippen MR) is 87.5 cm³/mol. The smallest absolute Gasteiger partial charge is 0.262 e. The highest BCUT2D eigenvalue weighted by atomic mass is 16.2. The van der Waals surface area contributed by atoms with Crippen molar-refractivity contribution in [2.45, 2.75) is 6.42 Å². The van der Waals surface area contributed by atoms with Crippen LogP contribution in [0.3, 0.4) is 0 Å². The Morgan fingerprint density at radius 1 is 1.08 bits per heavy atom. The van der Waals surface area contributed by atoms with Crippen LogP contribution in [0.15, 0.2) is 40.2 Å². The fourth-order valence-electron chi connectivity index (χ4n) is 2.90. The van der Waals surface area contributed by atoms with E-state index in [1.807, 2.05) is 0 Å². The summed E-state index contributed by atoms with van der Waals surface area (Å²) in [6.45, 7) is 0. The number of amides is 3. The molecule has 4 N–H and O–H groups in total. The maximum Gasteiger partial charge on any atom is 0.262 e. The summed E-state index contributed by atoms with van der Waals surface area (Å²) in [5, 5.41) is 6.05. The molecule has 2 aromatic rings. The number of hydrogen-bond acceptors (Lipinski definition) is 6. The average Bonchev–Trinajstić information content (AvgIpc) is 3.12. The molecule has 0 fully saturated rings. The molecule has 0 aliphatic carbocycles. The zero-order valence-electron chi connectivity index (χ0n) is 12.7. The van der Waals surface area contributed by atoms with Crippen LogP contribution in [0.2, 0.25) is 0 Å². The number of carbonyl (C=O) groups excluding carboxylic acids is 3. The van der Waals surface area contributed by atoms with E-state index >= 15 is 0 Å². The Labute approximate surface area is 140 Å². The van der Waals surface area contributed by atoms with Crippen molar-refractivity contribution < 1.29 is 14.4 Å². The lowest BCUT2D eigenvalue weighted by atomic mass is 10.1. The van der Waals surface area contributed by atoms with Gasteiger partial charge in [0.05, 0.1) is 28.9 Å². The van der Waals surface area contributed by atoms with Crippen molar-refractivity contribution in [3.63, 3.8) is 0 Å². The zero-order valence-corrected chi connectivity index (χ0v) is 12.7. The summed E-state index contributed by atoms with van der Waals surface area (Å²) in [5.41, 5.74) is 9.34. The highest BCUT2D eigenvalue weighted by Crippen LogP contribution is 2.23. The van der Waals surface area contributed by atoms with Gasteiger partial charge in [-0.2, -0.15) is 5.10 Å². The molecule has 2 aliphatic rings. The van der Waals surface area contributed by atoms with Gasteiger partial charge in [-0.15, -0.1) is 0 Å². The summed E-state index contributed by atoms with van der Waals surface area (Å²) in [7, 11) is 0. The fourth-order valence-corrected chi connectivity index (χ4v) is 2.90.